The fourth-order valence-electron chi connectivity index (χ4n) is 10.8. The van der Waals surface area contributed by atoms with Crippen LogP contribution >= 0.6 is 11.3 Å². The van der Waals surface area contributed by atoms with E-state index in [1.54, 1.807) is 0 Å². The summed E-state index contributed by atoms with van der Waals surface area (Å²) >= 11 is 1.94. The Balaban J connectivity index is 0.972. The summed E-state index contributed by atoms with van der Waals surface area (Å²) in [5, 5.41) is 15.5. The number of fused-ring (bicyclic) bond motifs is 12. The Morgan fingerprint density at radius 1 is 0.317 bits per heavy atom. The predicted octanol–water partition coefficient (Wildman–Crippen LogP) is 17.1. The van der Waals surface area contributed by atoms with Crippen molar-refractivity contribution in [1.82, 2.24) is 0 Å². The Morgan fingerprint density at radius 3 is 1.63 bits per heavy atom. The number of rotatable bonds is 3. The van der Waals surface area contributed by atoms with Crippen LogP contribution in [0.25, 0.3) is 119 Å². The minimum Gasteiger partial charge on any atom is -0.135 e. The van der Waals surface area contributed by atoms with Gasteiger partial charge in [-0.3, -0.25) is 0 Å². The van der Waals surface area contributed by atoms with Crippen LogP contribution in [0.4, 0.5) is 0 Å². The third-order valence-corrected chi connectivity index (χ3v) is 14.7. The molecular weight excluding hydrogens is 741 g/mol. The van der Waals surface area contributed by atoms with Gasteiger partial charge in [-0.1, -0.05) is 178 Å². The first-order chi connectivity index (χ1) is 29.5. The molecule has 11 aromatic carbocycles. The normalized spacial score (nSPS) is 13.3. The van der Waals surface area contributed by atoms with Crippen LogP contribution in [-0.4, -0.2) is 0 Å². The second-order valence-corrected chi connectivity index (χ2v) is 18.2. The van der Waals surface area contributed by atoms with Crippen molar-refractivity contribution in [2.45, 2.75) is 19.3 Å². The molecule has 1 aromatic heterocycles. The van der Waals surface area contributed by atoms with Gasteiger partial charge >= 0.3 is 0 Å². The van der Waals surface area contributed by atoms with Crippen LogP contribution < -0.4 is 0 Å². The standard InChI is InChI=1S/C59H38S/c1-59(2)52-25-12-11-18-42(52)50-32-51-54(34-53(50)59)60-55-33-49(41-17-5-6-19-44(41)58(51)55)38-28-26-37-31-39(29-27-36(37)30-38)56-45-20-7-9-22-47(45)57(48-23-10-8-21-46(48)56)43-24-13-15-35-14-3-4-16-40(35)43/h3-34H,1-2H3. The van der Waals surface area contributed by atoms with Gasteiger partial charge in [-0.05, 0) is 140 Å². The van der Waals surface area contributed by atoms with E-state index in [4.69, 9.17) is 0 Å². The van der Waals surface area contributed by atoms with Crippen molar-refractivity contribution in [2.75, 3.05) is 0 Å². The molecule has 1 aliphatic carbocycles. The second-order valence-electron chi connectivity index (χ2n) is 17.2. The van der Waals surface area contributed by atoms with Gasteiger partial charge in [-0.15, -0.1) is 11.3 Å². The molecule has 0 saturated carbocycles. The monoisotopic (exact) mass is 778 g/mol. The van der Waals surface area contributed by atoms with Crippen molar-refractivity contribution in [3.8, 4) is 44.5 Å². The molecule has 1 aliphatic rings. The number of benzene rings is 11. The van der Waals surface area contributed by atoms with Gasteiger partial charge in [0, 0.05) is 25.6 Å². The molecule has 60 heavy (non-hydrogen) atoms. The van der Waals surface area contributed by atoms with Crippen molar-refractivity contribution in [3.63, 3.8) is 0 Å². The van der Waals surface area contributed by atoms with Crippen LogP contribution in [-0.2, 0) is 5.41 Å². The highest BCUT2D eigenvalue weighted by molar-refractivity contribution is 7.26. The largest absolute Gasteiger partial charge is 0.135 e. The lowest BCUT2D eigenvalue weighted by molar-refractivity contribution is 0.661. The van der Waals surface area contributed by atoms with Crippen LogP contribution in [0.3, 0.4) is 0 Å². The lowest BCUT2D eigenvalue weighted by Gasteiger charge is -2.21. The Morgan fingerprint density at radius 2 is 0.883 bits per heavy atom. The van der Waals surface area contributed by atoms with Gasteiger partial charge in [-0.2, -0.15) is 0 Å². The Labute approximate surface area is 352 Å². The van der Waals surface area contributed by atoms with E-state index in [2.05, 4.69) is 208 Å². The van der Waals surface area contributed by atoms with E-state index in [9.17, 15) is 0 Å². The van der Waals surface area contributed by atoms with E-state index in [1.165, 1.54) is 130 Å². The molecule has 13 rings (SSSR count). The summed E-state index contributed by atoms with van der Waals surface area (Å²) in [6.45, 7) is 4.75. The molecule has 0 aliphatic heterocycles. The molecule has 1 heteroatoms. The van der Waals surface area contributed by atoms with Gasteiger partial charge < -0.3 is 0 Å². The molecule has 0 unspecified atom stereocenters. The zero-order chi connectivity index (χ0) is 39.7. The molecular formula is C59H38S. The summed E-state index contributed by atoms with van der Waals surface area (Å²) < 4.78 is 2.71. The van der Waals surface area contributed by atoms with Crippen LogP contribution in [0.2, 0.25) is 0 Å². The molecule has 12 aromatic rings. The highest BCUT2D eigenvalue weighted by atomic mass is 32.1. The van der Waals surface area contributed by atoms with Crippen molar-refractivity contribution in [2.24, 2.45) is 0 Å². The average molecular weight is 779 g/mol. The van der Waals surface area contributed by atoms with Crippen molar-refractivity contribution >= 4 is 85.4 Å². The summed E-state index contributed by atoms with van der Waals surface area (Å²) in [4.78, 5) is 0. The first kappa shape index (κ1) is 33.9. The SMILES string of the molecule is CC1(C)c2ccccc2-c2cc3c(cc21)sc1cc(-c2ccc4cc(-c5c6ccccc6c(-c6cccc7ccccc67)c6ccccc56)ccc4c2)c2ccccc2c13. The van der Waals surface area contributed by atoms with E-state index in [-0.39, 0.29) is 5.41 Å². The van der Waals surface area contributed by atoms with E-state index >= 15 is 0 Å². The third kappa shape index (κ3) is 4.73. The van der Waals surface area contributed by atoms with E-state index in [1.807, 2.05) is 11.3 Å². The molecule has 0 N–H and O–H groups in total. The van der Waals surface area contributed by atoms with Gasteiger partial charge in [0.25, 0.3) is 0 Å². The van der Waals surface area contributed by atoms with Gasteiger partial charge in [0.2, 0.25) is 0 Å². The van der Waals surface area contributed by atoms with Crippen molar-refractivity contribution < 1.29 is 0 Å². The lowest BCUT2D eigenvalue weighted by atomic mass is 9.82. The van der Waals surface area contributed by atoms with E-state index < -0.39 is 0 Å². The predicted molar refractivity (Wildman–Crippen MR) is 261 cm³/mol. The van der Waals surface area contributed by atoms with Crippen molar-refractivity contribution in [1.29, 1.82) is 0 Å². The molecule has 0 bridgehead atoms. The molecule has 0 saturated heterocycles. The number of hydrogen-bond acceptors (Lipinski definition) is 1. The smallest absolute Gasteiger partial charge is 0.0368 e. The molecule has 0 nitrogen and oxygen atoms in total. The summed E-state index contributed by atoms with van der Waals surface area (Å²) in [5.74, 6) is 0. The van der Waals surface area contributed by atoms with Crippen molar-refractivity contribution in [3.05, 3.63) is 205 Å². The van der Waals surface area contributed by atoms with Crippen LogP contribution in [0, 0.1) is 0 Å². The zero-order valence-corrected chi connectivity index (χ0v) is 34.2. The molecule has 1 heterocycles. The molecule has 0 spiro atoms. The van der Waals surface area contributed by atoms with Gasteiger partial charge in [-0.25, -0.2) is 0 Å². The van der Waals surface area contributed by atoms with E-state index in [0.29, 0.717) is 0 Å². The fraction of sp³-hybridized carbons (Fsp3) is 0.0508. The van der Waals surface area contributed by atoms with Gasteiger partial charge in [0.1, 0.15) is 0 Å². The van der Waals surface area contributed by atoms with Gasteiger partial charge in [0.15, 0.2) is 0 Å². The number of hydrogen-bond donors (Lipinski definition) is 0. The molecule has 280 valence electrons. The maximum atomic E-state index is 2.49. The summed E-state index contributed by atoms with van der Waals surface area (Å²) in [6.07, 6.45) is 0. The zero-order valence-electron chi connectivity index (χ0n) is 33.4. The highest BCUT2D eigenvalue weighted by Gasteiger charge is 2.36. The Bertz CT molecular complexity index is 3740. The van der Waals surface area contributed by atoms with E-state index in [0.717, 1.165) is 0 Å². The lowest BCUT2D eigenvalue weighted by Crippen LogP contribution is -2.14. The Kier molecular flexibility index (Phi) is 7.04. The molecule has 0 amide bonds. The van der Waals surface area contributed by atoms with Crippen LogP contribution in [0.5, 0.6) is 0 Å². The third-order valence-electron chi connectivity index (χ3n) is 13.6. The average Bonchev–Trinajstić information content (AvgIpc) is 3.77. The van der Waals surface area contributed by atoms with Gasteiger partial charge in [0.05, 0.1) is 0 Å². The first-order valence-corrected chi connectivity index (χ1v) is 21.8. The fourth-order valence-corrected chi connectivity index (χ4v) is 12.0. The second kappa shape index (κ2) is 12.5. The number of thiophene rings is 1. The topological polar surface area (TPSA) is 0 Å². The maximum absolute atomic E-state index is 2.49. The van der Waals surface area contributed by atoms with Crippen LogP contribution in [0.1, 0.15) is 25.0 Å². The summed E-state index contributed by atoms with van der Waals surface area (Å²) in [5.41, 5.74) is 13.2. The minimum absolute atomic E-state index is 0.0182. The molecule has 0 atom stereocenters. The highest BCUT2D eigenvalue weighted by Crippen LogP contribution is 2.53. The van der Waals surface area contributed by atoms with Crippen LogP contribution in [0.15, 0.2) is 194 Å². The minimum atomic E-state index is -0.0182. The summed E-state index contributed by atoms with van der Waals surface area (Å²) in [7, 11) is 0. The molecule has 0 radical (unpaired) electrons. The maximum Gasteiger partial charge on any atom is 0.0368 e. The summed E-state index contributed by atoms with van der Waals surface area (Å²) in [6, 6.07) is 73.0. The molecule has 0 fully saturated rings. The first-order valence-electron chi connectivity index (χ1n) is 21.0. The Hall–Kier alpha value is -7.06. The quantitative estimate of drug-likeness (QED) is 0.157.